The molecular weight excluding hydrogens is 284 g/mol. The minimum absolute atomic E-state index is 0.241. The van der Waals surface area contributed by atoms with Gasteiger partial charge in [-0.05, 0) is 45.1 Å². The van der Waals surface area contributed by atoms with E-state index in [2.05, 4.69) is 27.0 Å². The van der Waals surface area contributed by atoms with Gasteiger partial charge in [0.15, 0.2) is 5.16 Å². The van der Waals surface area contributed by atoms with Gasteiger partial charge in [0.2, 0.25) is 0 Å². The van der Waals surface area contributed by atoms with Crippen LogP contribution in [0.3, 0.4) is 0 Å². The second-order valence-electron chi connectivity index (χ2n) is 6.19. The van der Waals surface area contributed by atoms with Crippen molar-refractivity contribution in [2.75, 3.05) is 18.9 Å². The number of hydrogen-bond acceptors (Lipinski definition) is 5. The molecular formula is C15H26N4OS. The molecule has 0 radical (unpaired) electrons. The summed E-state index contributed by atoms with van der Waals surface area (Å²) in [5, 5.41) is 22.7. The highest BCUT2D eigenvalue weighted by Gasteiger charge is 2.36. The Balaban J connectivity index is 1.61. The Morgan fingerprint density at radius 1 is 1.33 bits per heavy atom. The van der Waals surface area contributed by atoms with Crippen LogP contribution in [0.1, 0.15) is 63.2 Å². The normalized spacial score (nSPS) is 19.9. The summed E-state index contributed by atoms with van der Waals surface area (Å²) in [6.07, 6.45) is 7.04. The molecule has 1 atom stereocenters. The predicted molar refractivity (Wildman–Crippen MR) is 84.8 cm³/mol. The molecule has 2 aliphatic carbocycles. The lowest BCUT2D eigenvalue weighted by Crippen LogP contribution is -2.33. The van der Waals surface area contributed by atoms with Crippen molar-refractivity contribution in [1.29, 1.82) is 0 Å². The zero-order valence-corrected chi connectivity index (χ0v) is 13.6. The smallest absolute Gasteiger partial charge is 0.191 e. The highest BCUT2D eigenvalue weighted by atomic mass is 32.2. The third kappa shape index (κ3) is 3.99. The molecule has 1 unspecified atom stereocenters. The van der Waals surface area contributed by atoms with Gasteiger partial charge >= 0.3 is 0 Å². The van der Waals surface area contributed by atoms with E-state index < -0.39 is 0 Å². The van der Waals surface area contributed by atoms with E-state index in [0.29, 0.717) is 18.0 Å². The van der Waals surface area contributed by atoms with Crippen LogP contribution >= 0.6 is 11.8 Å². The first kappa shape index (κ1) is 15.3. The molecule has 0 saturated heterocycles. The van der Waals surface area contributed by atoms with Crippen molar-refractivity contribution in [3.05, 3.63) is 5.82 Å². The van der Waals surface area contributed by atoms with E-state index in [1.165, 1.54) is 31.5 Å². The number of nitrogens with one attached hydrogen (secondary N) is 1. The van der Waals surface area contributed by atoms with Crippen molar-refractivity contribution in [2.45, 2.75) is 68.6 Å². The van der Waals surface area contributed by atoms with Crippen LogP contribution < -0.4 is 5.32 Å². The van der Waals surface area contributed by atoms with Crippen molar-refractivity contribution < 1.29 is 5.11 Å². The summed E-state index contributed by atoms with van der Waals surface area (Å²) in [6.45, 7) is 3.42. The number of nitrogens with zero attached hydrogens (tertiary/aromatic N) is 3. The van der Waals surface area contributed by atoms with Crippen molar-refractivity contribution in [3.63, 3.8) is 0 Å². The largest absolute Gasteiger partial charge is 0.396 e. The zero-order valence-electron chi connectivity index (χ0n) is 12.8. The van der Waals surface area contributed by atoms with Crippen LogP contribution in [0, 0.1) is 0 Å². The molecule has 0 aliphatic heterocycles. The monoisotopic (exact) mass is 310 g/mol. The van der Waals surface area contributed by atoms with E-state index in [9.17, 15) is 5.11 Å². The van der Waals surface area contributed by atoms with Gasteiger partial charge in [0.25, 0.3) is 0 Å². The molecule has 1 aromatic heterocycles. The Bertz CT molecular complexity index is 457. The number of aliphatic hydroxyl groups excluding tert-OH is 1. The first-order valence-corrected chi connectivity index (χ1v) is 9.23. The van der Waals surface area contributed by atoms with Crippen molar-refractivity contribution in [3.8, 4) is 0 Å². The Morgan fingerprint density at radius 3 is 2.76 bits per heavy atom. The fraction of sp³-hybridized carbons (Fsp3) is 0.867. The molecule has 2 N–H and O–H groups in total. The average molecular weight is 310 g/mol. The van der Waals surface area contributed by atoms with Crippen LogP contribution in [0.4, 0.5) is 0 Å². The van der Waals surface area contributed by atoms with Gasteiger partial charge in [-0.3, -0.25) is 0 Å². The molecule has 0 bridgehead atoms. The lowest BCUT2D eigenvalue weighted by Gasteiger charge is -2.17. The number of aromatic nitrogens is 3. The minimum atomic E-state index is 0.241. The van der Waals surface area contributed by atoms with E-state index in [4.69, 9.17) is 0 Å². The predicted octanol–water partition coefficient (Wildman–Crippen LogP) is 2.33. The molecule has 6 heteroatoms. The van der Waals surface area contributed by atoms with Crippen LogP contribution in [0.2, 0.25) is 0 Å². The van der Waals surface area contributed by atoms with E-state index in [-0.39, 0.29) is 6.61 Å². The minimum Gasteiger partial charge on any atom is -0.396 e. The van der Waals surface area contributed by atoms with Crippen molar-refractivity contribution in [1.82, 2.24) is 20.1 Å². The van der Waals surface area contributed by atoms with Crippen LogP contribution in [-0.2, 0) is 0 Å². The van der Waals surface area contributed by atoms with Gasteiger partial charge in [-0.1, -0.05) is 18.7 Å². The Kier molecular flexibility index (Phi) is 5.19. The summed E-state index contributed by atoms with van der Waals surface area (Å²) in [5.41, 5.74) is 0. The van der Waals surface area contributed by atoms with Gasteiger partial charge in [0.05, 0.1) is 0 Å². The maximum Gasteiger partial charge on any atom is 0.191 e. The number of rotatable bonds is 10. The summed E-state index contributed by atoms with van der Waals surface area (Å²) in [4.78, 5) is 0. The highest BCUT2D eigenvalue weighted by Crippen LogP contribution is 2.46. The Morgan fingerprint density at radius 2 is 2.14 bits per heavy atom. The quantitative estimate of drug-likeness (QED) is 0.650. The summed E-state index contributed by atoms with van der Waals surface area (Å²) >= 11 is 1.80. The fourth-order valence-corrected chi connectivity index (χ4v) is 3.72. The van der Waals surface area contributed by atoms with Crippen LogP contribution in [0.5, 0.6) is 0 Å². The summed E-state index contributed by atoms with van der Waals surface area (Å²) in [7, 11) is 0. The fourth-order valence-electron chi connectivity index (χ4n) is 2.61. The zero-order chi connectivity index (χ0) is 14.7. The molecule has 118 valence electrons. The standard InChI is InChI=1S/C15H26N4OS/c1-2-8-16-12(7-9-20)10-21-15-18-17-14(11-3-4-11)19(15)13-5-6-13/h11-13,16,20H,2-10H2,1H3. The Labute approximate surface area is 130 Å². The van der Waals surface area contributed by atoms with E-state index in [0.717, 1.165) is 30.3 Å². The van der Waals surface area contributed by atoms with Gasteiger partial charge < -0.3 is 15.0 Å². The molecule has 0 spiro atoms. The number of thioether (sulfide) groups is 1. The molecule has 3 rings (SSSR count). The summed E-state index contributed by atoms with van der Waals surface area (Å²) < 4.78 is 2.40. The van der Waals surface area contributed by atoms with Crippen LogP contribution in [0.25, 0.3) is 0 Å². The maximum absolute atomic E-state index is 9.19. The lowest BCUT2D eigenvalue weighted by atomic mass is 10.2. The van der Waals surface area contributed by atoms with E-state index >= 15 is 0 Å². The SMILES string of the molecule is CCCNC(CCO)CSc1nnc(C2CC2)n1C1CC1. The number of aliphatic hydroxyl groups is 1. The van der Waals surface area contributed by atoms with Crippen molar-refractivity contribution >= 4 is 11.8 Å². The molecule has 0 aromatic carbocycles. The average Bonchev–Trinajstić information content (AvgIpc) is 3.40. The summed E-state index contributed by atoms with van der Waals surface area (Å²) in [6, 6.07) is 1.01. The molecule has 1 aromatic rings. The third-order valence-corrected chi connectivity index (χ3v) is 5.23. The molecule has 2 aliphatic rings. The van der Waals surface area contributed by atoms with Crippen LogP contribution in [-0.4, -0.2) is 44.8 Å². The highest BCUT2D eigenvalue weighted by molar-refractivity contribution is 7.99. The molecule has 2 fully saturated rings. The number of hydrogen-bond donors (Lipinski definition) is 2. The van der Waals surface area contributed by atoms with Crippen molar-refractivity contribution in [2.24, 2.45) is 0 Å². The third-order valence-electron chi connectivity index (χ3n) is 4.12. The molecule has 0 amide bonds. The van der Waals surface area contributed by atoms with Gasteiger partial charge in [-0.2, -0.15) is 0 Å². The second-order valence-corrected chi connectivity index (χ2v) is 7.18. The van der Waals surface area contributed by atoms with E-state index in [1.807, 2.05) is 0 Å². The molecule has 1 heterocycles. The topological polar surface area (TPSA) is 63.0 Å². The van der Waals surface area contributed by atoms with Crippen LogP contribution in [0.15, 0.2) is 5.16 Å². The molecule has 2 saturated carbocycles. The van der Waals surface area contributed by atoms with Gasteiger partial charge in [-0.15, -0.1) is 10.2 Å². The molecule has 5 nitrogen and oxygen atoms in total. The Hall–Kier alpha value is -0.590. The van der Waals surface area contributed by atoms with Gasteiger partial charge in [-0.25, -0.2) is 0 Å². The maximum atomic E-state index is 9.19. The first-order valence-electron chi connectivity index (χ1n) is 8.25. The van der Waals surface area contributed by atoms with Gasteiger partial charge in [0, 0.05) is 30.4 Å². The van der Waals surface area contributed by atoms with Gasteiger partial charge in [0.1, 0.15) is 5.82 Å². The van der Waals surface area contributed by atoms with E-state index in [1.54, 1.807) is 11.8 Å². The second kappa shape index (κ2) is 7.11. The summed E-state index contributed by atoms with van der Waals surface area (Å²) in [5.74, 6) is 2.84. The lowest BCUT2D eigenvalue weighted by molar-refractivity contribution is 0.270. The molecule has 21 heavy (non-hydrogen) atoms. The first-order chi connectivity index (χ1) is 10.3.